The second-order valence-electron chi connectivity index (χ2n) is 5.44. The van der Waals surface area contributed by atoms with Gasteiger partial charge in [0.1, 0.15) is 0 Å². The normalized spacial score (nSPS) is 10.6. The van der Waals surface area contributed by atoms with Gasteiger partial charge < -0.3 is 5.11 Å². The summed E-state index contributed by atoms with van der Waals surface area (Å²) >= 11 is 1.86. The molecule has 110 valence electrons. The van der Waals surface area contributed by atoms with Crippen LogP contribution in [-0.4, -0.2) is 11.1 Å². The van der Waals surface area contributed by atoms with Gasteiger partial charge in [0.25, 0.3) is 0 Å². The lowest BCUT2D eigenvalue weighted by atomic mass is 10.1. The smallest absolute Gasteiger partial charge is 0.335 e. The second kappa shape index (κ2) is 6.81. The molecule has 2 nitrogen and oxygen atoms in total. The SMILES string of the molecule is Cc1cc(C)cc(CSCc2ccc(C(=O)O)cc2C)c1. The van der Waals surface area contributed by atoms with E-state index in [2.05, 4.69) is 32.0 Å². The van der Waals surface area contributed by atoms with Crippen molar-refractivity contribution in [2.75, 3.05) is 0 Å². The average molecular weight is 300 g/mol. The first-order valence-corrected chi connectivity index (χ1v) is 8.09. The zero-order chi connectivity index (χ0) is 15.4. The third-order valence-corrected chi connectivity index (χ3v) is 4.45. The Morgan fingerprint density at radius 3 is 2.24 bits per heavy atom. The average Bonchev–Trinajstić information content (AvgIpc) is 2.39. The van der Waals surface area contributed by atoms with E-state index in [1.165, 1.54) is 22.3 Å². The monoisotopic (exact) mass is 300 g/mol. The van der Waals surface area contributed by atoms with Crippen molar-refractivity contribution in [3.8, 4) is 0 Å². The van der Waals surface area contributed by atoms with Gasteiger partial charge in [0, 0.05) is 11.5 Å². The van der Waals surface area contributed by atoms with E-state index in [-0.39, 0.29) is 0 Å². The second-order valence-corrected chi connectivity index (χ2v) is 6.42. The molecule has 0 radical (unpaired) electrons. The summed E-state index contributed by atoms with van der Waals surface area (Å²) in [5.74, 6) is 1.01. The number of carboxylic acid groups (broad SMARTS) is 1. The lowest BCUT2D eigenvalue weighted by molar-refractivity contribution is 0.0697. The molecule has 0 spiro atoms. The molecule has 1 N–H and O–H groups in total. The quantitative estimate of drug-likeness (QED) is 0.866. The molecule has 0 fully saturated rings. The summed E-state index contributed by atoms with van der Waals surface area (Å²) in [6.07, 6.45) is 0. The van der Waals surface area contributed by atoms with Crippen LogP contribution in [-0.2, 0) is 11.5 Å². The van der Waals surface area contributed by atoms with E-state index in [0.717, 1.165) is 17.1 Å². The molecule has 0 amide bonds. The third-order valence-electron chi connectivity index (χ3n) is 3.40. The summed E-state index contributed by atoms with van der Waals surface area (Å²) < 4.78 is 0. The van der Waals surface area contributed by atoms with E-state index >= 15 is 0 Å². The van der Waals surface area contributed by atoms with E-state index in [0.29, 0.717) is 5.56 Å². The predicted octanol–water partition coefficient (Wildman–Crippen LogP) is 4.74. The van der Waals surface area contributed by atoms with Crippen LogP contribution < -0.4 is 0 Å². The molecule has 3 heteroatoms. The first-order valence-electron chi connectivity index (χ1n) is 6.93. The van der Waals surface area contributed by atoms with E-state index < -0.39 is 5.97 Å². The van der Waals surface area contributed by atoms with Crippen LogP contribution in [0.4, 0.5) is 0 Å². The van der Waals surface area contributed by atoms with Crippen LogP contribution in [0.25, 0.3) is 0 Å². The molecule has 0 heterocycles. The highest BCUT2D eigenvalue weighted by molar-refractivity contribution is 7.97. The summed E-state index contributed by atoms with van der Waals surface area (Å²) in [7, 11) is 0. The summed E-state index contributed by atoms with van der Waals surface area (Å²) in [6.45, 7) is 6.21. The van der Waals surface area contributed by atoms with Gasteiger partial charge in [-0.15, -0.1) is 0 Å². The number of hydrogen-bond donors (Lipinski definition) is 1. The Bertz CT molecular complexity index is 642. The Hall–Kier alpha value is -1.74. The zero-order valence-electron chi connectivity index (χ0n) is 12.6. The summed E-state index contributed by atoms with van der Waals surface area (Å²) in [6, 6.07) is 12.0. The number of rotatable bonds is 5. The lowest BCUT2D eigenvalue weighted by Crippen LogP contribution is -1.98. The summed E-state index contributed by atoms with van der Waals surface area (Å²) in [4.78, 5) is 10.9. The van der Waals surface area contributed by atoms with Gasteiger partial charge in [-0.05, 0) is 49.6 Å². The van der Waals surface area contributed by atoms with E-state index in [1.54, 1.807) is 12.1 Å². The van der Waals surface area contributed by atoms with Crippen molar-refractivity contribution in [1.82, 2.24) is 0 Å². The van der Waals surface area contributed by atoms with Gasteiger partial charge in [0.05, 0.1) is 5.56 Å². The van der Waals surface area contributed by atoms with Crippen LogP contribution in [0.2, 0.25) is 0 Å². The highest BCUT2D eigenvalue weighted by Gasteiger charge is 2.06. The largest absolute Gasteiger partial charge is 0.478 e. The van der Waals surface area contributed by atoms with Crippen molar-refractivity contribution in [3.05, 3.63) is 69.8 Å². The first kappa shape index (κ1) is 15.6. The van der Waals surface area contributed by atoms with Crippen molar-refractivity contribution in [2.45, 2.75) is 32.3 Å². The molecule has 0 aromatic heterocycles. The summed E-state index contributed by atoms with van der Waals surface area (Å²) in [5.41, 5.74) is 6.55. The maximum Gasteiger partial charge on any atom is 0.335 e. The van der Waals surface area contributed by atoms with Gasteiger partial charge in [0.2, 0.25) is 0 Å². The minimum absolute atomic E-state index is 0.357. The first-order chi connectivity index (χ1) is 9.95. The Morgan fingerprint density at radius 2 is 1.67 bits per heavy atom. The maximum atomic E-state index is 10.9. The van der Waals surface area contributed by atoms with Crippen molar-refractivity contribution >= 4 is 17.7 Å². The zero-order valence-corrected chi connectivity index (χ0v) is 13.5. The van der Waals surface area contributed by atoms with E-state index in [4.69, 9.17) is 5.11 Å². The fourth-order valence-corrected chi connectivity index (χ4v) is 3.47. The molecule has 0 aliphatic carbocycles. The van der Waals surface area contributed by atoms with E-state index in [1.807, 2.05) is 24.8 Å². The number of carbonyl (C=O) groups is 1. The molecule has 0 saturated carbocycles. The van der Waals surface area contributed by atoms with Gasteiger partial charge in [-0.3, -0.25) is 0 Å². The lowest BCUT2D eigenvalue weighted by Gasteiger charge is -2.08. The fourth-order valence-electron chi connectivity index (χ4n) is 2.42. The molecule has 0 unspecified atom stereocenters. The molecule has 0 saturated heterocycles. The Labute approximate surface area is 130 Å². The van der Waals surface area contributed by atoms with Gasteiger partial charge in [0.15, 0.2) is 0 Å². The van der Waals surface area contributed by atoms with Crippen LogP contribution in [0.5, 0.6) is 0 Å². The highest BCUT2D eigenvalue weighted by Crippen LogP contribution is 2.22. The number of carboxylic acids is 1. The maximum absolute atomic E-state index is 10.9. The predicted molar refractivity (Wildman–Crippen MR) is 89.1 cm³/mol. The van der Waals surface area contributed by atoms with Crippen molar-refractivity contribution in [2.24, 2.45) is 0 Å². The van der Waals surface area contributed by atoms with Gasteiger partial charge in [-0.1, -0.05) is 35.4 Å². The molecular formula is C18H20O2S. The highest BCUT2D eigenvalue weighted by atomic mass is 32.2. The molecule has 0 bridgehead atoms. The third kappa shape index (κ3) is 4.36. The standard InChI is InChI=1S/C18H20O2S/c1-12-6-13(2)8-15(7-12)10-21-11-17-5-4-16(18(19)20)9-14(17)3/h4-9H,10-11H2,1-3H3,(H,19,20). The van der Waals surface area contributed by atoms with Crippen LogP contribution in [0.3, 0.4) is 0 Å². The molecule has 21 heavy (non-hydrogen) atoms. The Balaban J connectivity index is 1.98. The van der Waals surface area contributed by atoms with Crippen molar-refractivity contribution in [1.29, 1.82) is 0 Å². The van der Waals surface area contributed by atoms with Crippen LogP contribution in [0.15, 0.2) is 36.4 Å². The van der Waals surface area contributed by atoms with Crippen LogP contribution in [0, 0.1) is 20.8 Å². The molecule has 2 rings (SSSR count). The number of aromatic carboxylic acids is 1. The van der Waals surface area contributed by atoms with Crippen LogP contribution >= 0.6 is 11.8 Å². The number of benzene rings is 2. The Kier molecular flexibility index (Phi) is 5.07. The topological polar surface area (TPSA) is 37.3 Å². The number of hydrogen-bond acceptors (Lipinski definition) is 2. The minimum atomic E-state index is -0.868. The number of thioether (sulfide) groups is 1. The minimum Gasteiger partial charge on any atom is -0.478 e. The summed E-state index contributed by atoms with van der Waals surface area (Å²) in [5, 5.41) is 8.97. The van der Waals surface area contributed by atoms with Gasteiger partial charge >= 0.3 is 5.97 Å². The fraction of sp³-hybridized carbons (Fsp3) is 0.278. The van der Waals surface area contributed by atoms with Crippen LogP contribution in [0.1, 0.15) is 38.2 Å². The van der Waals surface area contributed by atoms with Crippen molar-refractivity contribution in [3.63, 3.8) is 0 Å². The molecule has 0 aliphatic rings. The molecule has 2 aromatic carbocycles. The number of aryl methyl sites for hydroxylation is 3. The molecule has 0 aliphatic heterocycles. The van der Waals surface area contributed by atoms with E-state index in [9.17, 15) is 4.79 Å². The van der Waals surface area contributed by atoms with Gasteiger partial charge in [-0.2, -0.15) is 11.8 Å². The molecule has 0 atom stereocenters. The van der Waals surface area contributed by atoms with Gasteiger partial charge in [-0.25, -0.2) is 4.79 Å². The molecule has 2 aromatic rings. The Morgan fingerprint density at radius 1 is 1.00 bits per heavy atom. The molecular weight excluding hydrogens is 280 g/mol. The van der Waals surface area contributed by atoms with Crippen molar-refractivity contribution < 1.29 is 9.90 Å².